The number of benzene rings is 2. The van der Waals surface area contributed by atoms with Gasteiger partial charge in [-0.1, -0.05) is 23.2 Å². The topological polar surface area (TPSA) is 72.2 Å². The Balaban J connectivity index is 2.31. The molecule has 5 nitrogen and oxygen atoms in total. The van der Waals surface area contributed by atoms with Crippen LogP contribution in [0.15, 0.2) is 36.4 Å². The Hall–Kier alpha value is -2.18. The van der Waals surface area contributed by atoms with E-state index in [2.05, 4.69) is 5.32 Å². The third-order valence-electron chi connectivity index (χ3n) is 2.57. The van der Waals surface area contributed by atoms with Gasteiger partial charge in [0.15, 0.2) is 0 Å². The van der Waals surface area contributed by atoms with E-state index >= 15 is 0 Å². The first kappa shape index (κ1) is 15.2. The molecule has 0 aliphatic carbocycles. The van der Waals surface area contributed by atoms with Crippen LogP contribution < -0.4 is 5.32 Å². The van der Waals surface area contributed by atoms with Gasteiger partial charge < -0.3 is 5.32 Å². The minimum Gasteiger partial charge on any atom is -0.322 e. The summed E-state index contributed by atoms with van der Waals surface area (Å²) in [4.78, 5) is 22.1. The van der Waals surface area contributed by atoms with Crippen LogP contribution >= 0.6 is 23.2 Å². The van der Waals surface area contributed by atoms with Crippen molar-refractivity contribution in [2.75, 3.05) is 5.32 Å². The van der Waals surface area contributed by atoms with Crippen LogP contribution in [0.25, 0.3) is 0 Å². The SMILES string of the molecule is O=C(Nc1ccc(F)cc1)c1cc(Cl)c(Cl)c([N+](=O)[O-])c1. The Kier molecular flexibility index (Phi) is 4.40. The summed E-state index contributed by atoms with van der Waals surface area (Å²) >= 11 is 11.5. The molecule has 0 aromatic heterocycles. The zero-order valence-corrected chi connectivity index (χ0v) is 11.8. The van der Waals surface area contributed by atoms with Gasteiger partial charge in [-0.15, -0.1) is 0 Å². The lowest BCUT2D eigenvalue weighted by Gasteiger charge is -2.06. The van der Waals surface area contributed by atoms with Crippen molar-refractivity contribution < 1.29 is 14.1 Å². The molecular formula is C13H7Cl2FN2O3. The molecule has 108 valence electrons. The van der Waals surface area contributed by atoms with Crippen LogP contribution in [0.3, 0.4) is 0 Å². The summed E-state index contributed by atoms with van der Waals surface area (Å²) in [6.45, 7) is 0. The molecule has 0 aliphatic rings. The van der Waals surface area contributed by atoms with E-state index in [0.717, 1.165) is 6.07 Å². The first-order valence-corrected chi connectivity index (χ1v) is 6.34. The number of hydrogen-bond acceptors (Lipinski definition) is 3. The molecule has 0 spiro atoms. The number of amides is 1. The van der Waals surface area contributed by atoms with E-state index in [1.165, 1.54) is 30.3 Å². The molecule has 1 N–H and O–H groups in total. The van der Waals surface area contributed by atoms with Gasteiger partial charge >= 0.3 is 0 Å². The lowest BCUT2D eigenvalue weighted by Crippen LogP contribution is -2.12. The van der Waals surface area contributed by atoms with E-state index in [4.69, 9.17) is 23.2 Å². The summed E-state index contributed by atoms with van der Waals surface area (Å²) in [6.07, 6.45) is 0. The molecule has 8 heteroatoms. The van der Waals surface area contributed by atoms with Crippen LogP contribution in [0.4, 0.5) is 15.8 Å². The summed E-state index contributed by atoms with van der Waals surface area (Å²) in [5.41, 5.74) is -0.149. The summed E-state index contributed by atoms with van der Waals surface area (Å²) in [5.74, 6) is -1.07. The summed E-state index contributed by atoms with van der Waals surface area (Å²) in [6, 6.07) is 7.31. The molecule has 2 rings (SSSR count). The second kappa shape index (κ2) is 6.07. The van der Waals surface area contributed by atoms with Crippen LogP contribution in [0.2, 0.25) is 10.0 Å². The Morgan fingerprint density at radius 3 is 2.38 bits per heavy atom. The molecule has 21 heavy (non-hydrogen) atoms. The highest BCUT2D eigenvalue weighted by Gasteiger charge is 2.20. The fourth-order valence-electron chi connectivity index (χ4n) is 1.57. The van der Waals surface area contributed by atoms with Gasteiger partial charge in [-0.25, -0.2) is 4.39 Å². The fraction of sp³-hybridized carbons (Fsp3) is 0. The number of nitro benzene ring substituents is 1. The van der Waals surface area contributed by atoms with E-state index in [0.29, 0.717) is 5.69 Å². The number of rotatable bonds is 3. The van der Waals surface area contributed by atoms with Crippen LogP contribution in [-0.4, -0.2) is 10.8 Å². The first-order chi connectivity index (χ1) is 9.88. The van der Waals surface area contributed by atoms with Gasteiger partial charge in [0, 0.05) is 17.3 Å². The number of halogens is 3. The molecule has 0 aliphatic heterocycles. The van der Waals surface area contributed by atoms with E-state index in [1.54, 1.807) is 0 Å². The quantitative estimate of drug-likeness (QED) is 0.674. The normalized spacial score (nSPS) is 10.2. The minimum atomic E-state index is -0.733. The van der Waals surface area contributed by atoms with Crippen molar-refractivity contribution in [3.05, 3.63) is 67.9 Å². The number of carbonyl (C=O) groups excluding carboxylic acids is 1. The van der Waals surface area contributed by atoms with Gasteiger partial charge in [-0.05, 0) is 30.3 Å². The van der Waals surface area contributed by atoms with Gasteiger partial charge in [-0.2, -0.15) is 0 Å². The van der Waals surface area contributed by atoms with Crippen molar-refractivity contribution in [2.45, 2.75) is 0 Å². The molecule has 1 amide bonds. The van der Waals surface area contributed by atoms with Gasteiger partial charge in [0.05, 0.1) is 9.95 Å². The molecule has 0 fully saturated rings. The molecular weight excluding hydrogens is 322 g/mol. The van der Waals surface area contributed by atoms with Gasteiger partial charge in [0.1, 0.15) is 10.8 Å². The highest BCUT2D eigenvalue weighted by atomic mass is 35.5. The maximum absolute atomic E-state index is 12.8. The number of anilines is 1. The summed E-state index contributed by atoms with van der Waals surface area (Å²) < 4.78 is 12.8. The highest BCUT2D eigenvalue weighted by Crippen LogP contribution is 2.33. The third kappa shape index (κ3) is 3.48. The molecule has 0 atom stereocenters. The van der Waals surface area contributed by atoms with E-state index < -0.39 is 22.3 Å². The summed E-state index contributed by atoms with van der Waals surface area (Å²) in [5, 5.41) is 13.0. The molecule has 0 saturated carbocycles. The smallest absolute Gasteiger partial charge is 0.290 e. The van der Waals surface area contributed by atoms with Crippen LogP contribution in [0.5, 0.6) is 0 Å². The number of nitro groups is 1. The zero-order valence-electron chi connectivity index (χ0n) is 10.3. The Bertz CT molecular complexity index is 720. The fourth-order valence-corrected chi connectivity index (χ4v) is 1.97. The first-order valence-electron chi connectivity index (χ1n) is 5.59. The Morgan fingerprint density at radius 2 is 1.81 bits per heavy atom. The van der Waals surface area contributed by atoms with E-state index in [1.807, 2.05) is 0 Å². The summed E-state index contributed by atoms with van der Waals surface area (Å²) in [7, 11) is 0. The Morgan fingerprint density at radius 1 is 1.19 bits per heavy atom. The molecule has 0 radical (unpaired) electrons. The monoisotopic (exact) mass is 328 g/mol. The largest absolute Gasteiger partial charge is 0.322 e. The Labute approximate surface area is 128 Å². The maximum atomic E-state index is 12.8. The average molecular weight is 329 g/mol. The average Bonchev–Trinajstić information content (AvgIpc) is 2.43. The molecule has 0 unspecified atom stereocenters. The number of nitrogens with one attached hydrogen (secondary N) is 1. The zero-order chi connectivity index (χ0) is 15.6. The van der Waals surface area contributed by atoms with Crippen molar-refractivity contribution in [3.63, 3.8) is 0 Å². The van der Waals surface area contributed by atoms with E-state index in [9.17, 15) is 19.3 Å². The highest BCUT2D eigenvalue weighted by molar-refractivity contribution is 6.43. The van der Waals surface area contributed by atoms with Gasteiger partial charge in [0.2, 0.25) is 0 Å². The maximum Gasteiger partial charge on any atom is 0.290 e. The molecule has 2 aromatic carbocycles. The molecule has 0 bridgehead atoms. The van der Waals surface area contributed by atoms with Crippen molar-refractivity contribution in [2.24, 2.45) is 0 Å². The van der Waals surface area contributed by atoms with Crippen LogP contribution in [0.1, 0.15) is 10.4 Å². The van der Waals surface area contributed by atoms with Crippen molar-refractivity contribution in [1.29, 1.82) is 0 Å². The van der Waals surface area contributed by atoms with E-state index in [-0.39, 0.29) is 15.6 Å². The number of carbonyl (C=O) groups is 1. The molecule has 0 saturated heterocycles. The molecule has 0 heterocycles. The van der Waals surface area contributed by atoms with Crippen molar-refractivity contribution >= 4 is 40.5 Å². The number of hydrogen-bond donors (Lipinski definition) is 1. The lowest BCUT2D eigenvalue weighted by atomic mass is 10.2. The predicted molar refractivity (Wildman–Crippen MR) is 77.5 cm³/mol. The third-order valence-corrected chi connectivity index (χ3v) is 3.36. The number of nitrogens with zero attached hydrogens (tertiary/aromatic N) is 1. The lowest BCUT2D eigenvalue weighted by molar-refractivity contribution is -0.384. The second-order valence-corrected chi connectivity index (χ2v) is 4.79. The van der Waals surface area contributed by atoms with Crippen molar-refractivity contribution in [1.82, 2.24) is 0 Å². The second-order valence-electron chi connectivity index (χ2n) is 4.01. The standard InChI is InChI=1S/C13H7Cl2FN2O3/c14-10-5-7(6-11(12(10)15)18(20)21)13(19)17-9-3-1-8(16)2-4-9/h1-6H,(H,17,19). The van der Waals surface area contributed by atoms with Gasteiger partial charge in [-0.3, -0.25) is 14.9 Å². The predicted octanol–water partition coefficient (Wildman–Crippen LogP) is 4.29. The van der Waals surface area contributed by atoms with Crippen molar-refractivity contribution in [3.8, 4) is 0 Å². The van der Waals surface area contributed by atoms with Crippen LogP contribution in [-0.2, 0) is 0 Å². The van der Waals surface area contributed by atoms with Crippen LogP contribution in [0, 0.1) is 15.9 Å². The van der Waals surface area contributed by atoms with Gasteiger partial charge in [0.25, 0.3) is 11.6 Å². The minimum absolute atomic E-state index is 0.0274. The molecule has 2 aromatic rings.